The number of hydrogen-bond acceptors (Lipinski definition) is 4. The van der Waals surface area contributed by atoms with Crippen molar-refractivity contribution in [2.75, 3.05) is 0 Å². The number of hydrogen-bond donors (Lipinski definition) is 1. The summed E-state index contributed by atoms with van der Waals surface area (Å²) in [6, 6.07) is 9.79. The molecule has 0 unspecified atom stereocenters. The highest BCUT2D eigenvalue weighted by molar-refractivity contribution is 5.84. The van der Waals surface area contributed by atoms with Crippen LogP contribution < -0.4 is 5.56 Å². The summed E-state index contributed by atoms with van der Waals surface area (Å²) in [5, 5.41) is 5.11. The number of nitrogens with zero attached hydrogens (tertiary/aromatic N) is 3. The van der Waals surface area contributed by atoms with E-state index in [1.807, 2.05) is 48.0 Å². The lowest BCUT2D eigenvalue weighted by Crippen LogP contribution is -2.13. The van der Waals surface area contributed by atoms with Crippen LogP contribution in [0.1, 0.15) is 36.8 Å². The van der Waals surface area contributed by atoms with Crippen LogP contribution in [-0.4, -0.2) is 19.7 Å². The van der Waals surface area contributed by atoms with Gasteiger partial charge in [0.15, 0.2) is 0 Å². The van der Waals surface area contributed by atoms with Gasteiger partial charge in [-0.3, -0.25) is 4.79 Å². The first-order chi connectivity index (χ1) is 12.5. The van der Waals surface area contributed by atoms with E-state index in [0.717, 1.165) is 27.9 Å². The largest absolute Gasteiger partial charge is 0.361 e. The van der Waals surface area contributed by atoms with Crippen LogP contribution in [0.3, 0.4) is 0 Å². The number of benzene rings is 1. The van der Waals surface area contributed by atoms with Crippen LogP contribution in [-0.2, 0) is 6.54 Å². The number of nitrogens with one attached hydrogen (secondary N) is 1. The molecule has 6 heteroatoms. The number of imidazole rings is 1. The van der Waals surface area contributed by atoms with E-state index in [1.165, 1.54) is 0 Å². The Hall–Kier alpha value is -3.15. The molecule has 3 heterocycles. The zero-order valence-corrected chi connectivity index (χ0v) is 15.0. The van der Waals surface area contributed by atoms with Gasteiger partial charge in [0, 0.05) is 24.4 Å². The van der Waals surface area contributed by atoms with Crippen LogP contribution in [0.4, 0.5) is 0 Å². The van der Waals surface area contributed by atoms with Crippen LogP contribution in [0.2, 0.25) is 0 Å². The van der Waals surface area contributed by atoms with Gasteiger partial charge in [0.1, 0.15) is 17.3 Å². The predicted molar refractivity (Wildman–Crippen MR) is 100 cm³/mol. The molecular weight excluding hydrogens is 328 g/mol. The van der Waals surface area contributed by atoms with E-state index in [4.69, 9.17) is 4.52 Å². The topological polar surface area (TPSA) is 76.7 Å². The number of aromatic nitrogens is 4. The molecule has 0 radical (unpaired) electrons. The summed E-state index contributed by atoms with van der Waals surface area (Å²) in [5.41, 5.74) is 3.10. The van der Waals surface area contributed by atoms with Gasteiger partial charge in [0.25, 0.3) is 5.56 Å². The minimum absolute atomic E-state index is 0.151. The lowest BCUT2D eigenvalue weighted by molar-refractivity contribution is 0.364. The fraction of sp³-hybridized carbons (Fsp3) is 0.250. The summed E-state index contributed by atoms with van der Waals surface area (Å²) in [5.74, 6) is 1.74. The Kier molecular flexibility index (Phi) is 3.95. The molecule has 0 aliphatic heterocycles. The smallest absolute Gasteiger partial charge is 0.259 e. The molecule has 26 heavy (non-hydrogen) atoms. The van der Waals surface area contributed by atoms with Gasteiger partial charge in [-0.2, -0.15) is 0 Å². The highest BCUT2D eigenvalue weighted by Gasteiger charge is 2.14. The Labute approximate surface area is 150 Å². The quantitative estimate of drug-likeness (QED) is 0.607. The zero-order chi connectivity index (χ0) is 18.3. The van der Waals surface area contributed by atoms with Crippen molar-refractivity contribution in [2.24, 2.45) is 0 Å². The first-order valence-electron chi connectivity index (χ1n) is 8.62. The lowest BCUT2D eigenvalue weighted by atomic mass is 10.1. The van der Waals surface area contributed by atoms with Crippen LogP contribution >= 0.6 is 0 Å². The maximum atomic E-state index is 12.6. The average molecular weight is 348 g/mol. The number of H-pyrrole nitrogens is 1. The van der Waals surface area contributed by atoms with Gasteiger partial charge < -0.3 is 14.1 Å². The van der Waals surface area contributed by atoms with Gasteiger partial charge in [0.2, 0.25) is 0 Å². The SMILES string of the molecule is Cc1cccc2cc(-c3nccn3Cc3cc(C(C)C)on3)c(=O)[nH]c12. The highest BCUT2D eigenvalue weighted by atomic mass is 16.5. The summed E-state index contributed by atoms with van der Waals surface area (Å²) in [6.45, 7) is 6.60. The molecule has 132 valence electrons. The lowest BCUT2D eigenvalue weighted by Gasteiger charge is -2.08. The van der Waals surface area contributed by atoms with E-state index in [1.54, 1.807) is 6.20 Å². The minimum atomic E-state index is -0.151. The summed E-state index contributed by atoms with van der Waals surface area (Å²) in [4.78, 5) is 20.0. The number of para-hydroxylation sites is 1. The molecule has 1 aromatic carbocycles. The van der Waals surface area contributed by atoms with Crippen molar-refractivity contribution >= 4 is 10.9 Å². The first-order valence-corrected chi connectivity index (χ1v) is 8.62. The van der Waals surface area contributed by atoms with Crippen molar-refractivity contribution in [2.45, 2.75) is 33.2 Å². The molecule has 1 N–H and O–H groups in total. The van der Waals surface area contributed by atoms with Crippen molar-refractivity contribution in [3.05, 3.63) is 70.1 Å². The van der Waals surface area contributed by atoms with Gasteiger partial charge in [-0.15, -0.1) is 0 Å². The molecule has 0 amide bonds. The summed E-state index contributed by atoms with van der Waals surface area (Å²) >= 11 is 0. The van der Waals surface area contributed by atoms with Gasteiger partial charge in [-0.1, -0.05) is 37.2 Å². The molecule has 0 fully saturated rings. The fourth-order valence-electron chi connectivity index (χ4n) is 3.08. The number of aryl methyl sites for hydroxylation is 1. The molecule has 6 nitrogen and oxygen atoms in total. The molecule has 0 saturated heterocycles. The van der Waals surface area contributed by atoms with Crippen LogP contribution in [0.25, 0.3) is 22.3 Å². The molecule has 4 aromatic rings. The zero-order valence-electron chi connectivity index (χ0n) is 15.0. The highest BCUT2D eigenvalue weighted by Crippen LogP contribution is 2.22. The third-order valence-electron chi connectivity index (χ3n) is 4.52. The van der Waals surface area contributed by atoms with E-state index < -0.39 is 0 Å². The van der Waals surface area contributed by atoms with Crippen molar-refractivity contribution in [1.29, 1.82) is 0 Å². The fourth-order valence-corrected chi connectivity index (χ4v) is 3.08. The second kappa shape index (κ2) is 6.29. The Bertz CT molecular complexity index is 1130. The Morgan fingerprint density at radius 2 is 2.12 bits per heavy atom. The second-order valence-electron chi connectivity index (χ2n) is 6.81. The van der Waals surface area contributed by atoms with Crippen molar-refractivity contribution in [3.63, 3.8) is 0 Å². The Morgan fingerprint density at radius 1 is 1.27 bits per heavy atom. The molecule has 0 bridgehead atoms. The number of aromatic amines is 1. The number of fused-ring (bicyclic) bond motifs is 1. The predicted octanol–water partition coefficient (Wildman–Crippen LogP) is 3.86. The van der Waals surface area contributed by atoms with E-state index in [-0.39, 0.29) is 11.5 Å². The van der Waals surface area contributed by atoms with Gasteiger partial charge in [-0.25, -0.2) is 4.98 Å². The second-order valence-corrected chi connectivity index (χ2v) is 6.81. The van der Waals surface area contributed by atoms with E-state index in [9.17, 15) is 4.79 Å². The van der Waals surface area contributed by atoms with Crippen LogP contribution in [0.5, 0.6) is 0 Å². The molecule has 4 rings (SSSR count). The maximum absolute atomic E-state index is 12.6. The third kappa shape index (κ3) is 2.83. The molecule has 0 aliphatic carbocycles. The molecule has 0 aliphatic rings. The maximum Gasteiger partial charge on any atom is 0.259 e. The van der Waals surface area contributed by atoms with Gasteiger partial charge in [0.05, 0.1) is 17.6 Å². The summed E-state index contributed by atoms with van der Waals surface area (Å²) < 4.78 is 7.27. The average Bonchev–Trinajstić information content (AvgIpc) is 3.25. The summed E-state index contributed by atoms with van der Waals surface area (Å²) in [7, 11) is 0. The molecule has 0 saturated carbocycles. The number of pyridine rings is 1. The summed E-state index contributed by atoms with van der Waals surface area (Å²) in [6.07, 6.45) is 3.54. The van der Waals surface area contributed by atoms with Crippen LogP contribution in [0, 0.1) is 6.92 Å². The van der Waals surface area contributed by atoms with E-state index in [0.29, 0.717) is 17.9 Å². The number of rotatable bonds is 4. The van der Waals surface area contributed by atoms with Gasteiger partial charge in [-0.05, 0) is 23.9 Å². The van der Waals surface area contributed by atoms with Crippen molar-refractivity contribution < 1.29 is 4.52 Å². The van der Waals surface area contributed by atoms with E-state index in [2.05, 4.69) is 29.0 Å². The minimum Gasteiger partial charge on any atom is -0.361 e. The van der Waals surface area contributed by atoms with Crippen molar-refractivity contribution in [3.8, 4) is 11.4 Å². The molecule has 0 spiro atoms. The van der Waals surface area contributed by atoms with Gasteiger partial charge >= 0.3 is 0 Å². The third-order valence-corrected chi connectivity index (χ3v) is 4.52. The monoisotopic (exact) mass is 348 g/mol. The Balaban J connectivity index is 1.75. The van der Waals surface area contributed by atoms with Crippen molar-refractivity contribution in [1.82, 2.24) is 19.7 Å². The normalized spacial score (nSPS) is 11.5. The van der Waals surface area contributed by atoms with Crippen LogP contribution in [0.15, 0.2) is 52.0 Å². The van der Waals surface area contributed by atoms with E-state index >= 15 is 0 Å². The standard InChI is InChI=1S/C20H20N4O2/c1-12(2)17-10-15(23-26-17)11-24-8-7-21-19(24)16-9-14-6-4-5-13(3)18(14)22-20(16)25/h4-10,12H,11H2,1-3H3,(H,22,25). The molecule has 3 aromatic heterocycles. The first kappa shape index (κ1) is 16.3. The Morgan fingerprint density at radius 3 is 2.88 bits per heavy atom. The molecular formula is C20H20N4O2. The molecule has 0 atom stereocenters.